The lowest BCUT2D eigenvalue weighted by atomic mass is 10.1. The minimum atomic E-state index is -4.62. The second-order valence-electron chi connectivity index (χ2n) is 6.16. The van der Waals surface area contributed by atoms with Crippen molar-refractivity contribution in [1.82, 2.24) is 25.2 Å². The van der Waals surface area contributed by atoms with Crippen molar-refractivity contribution in [1.29, 1.82) is 0 Å². The first-order valence-electron chi connectivity index (χ1n) is 8.85. The highest BCUT2D eigenvalue weighted by atomic mass is 32.1. The number of rotatable bonds is 5. The van der Waals surface area contributed by atoms with E-state index in [0.29, 0.717) is 11.3 Å². The predicted molar refractivity (Wildman–Crippen MR) is 109 cm³/mol. The van der Waals surface area contributed by atoms with Crippen molar-refractivity contribution in [2.45, 2.75) is 6.18 Å². The molecule has 1 amide bonds. The number of amides is 1. The summed E-state index contributed by atoms with van der Waals surface area (Å²) in [5.74, 6) is -0.612. The smallest absolute Gasteiger partial charge is 0.266 e. The zero-order valence-electron chi connectivity index (χ0n) is 15.6. The summed E-state index contributed by atoms with van der Waals surface area (Å²) in [6.45, 7) is 0. The molecule has 156 valence electrons. The Morgan fingerprint density at radius 3 is 2.61 bits per heavy atom. The number of aromatic nitrogens is 4. The molecule has 31 heavy (non-hydrogen) atoms. The minimum Gasteiger partial charge on any atom is -0.266 e. The molecule has 0 unspecified atom stereocenters. The predicted octanol–water partition coefficient (Wildman–Crippen LogP) is 4.17. The highest BCUT2D eigenvalue weighted by molar-refractivity contribution is 7.12. The van der Waals surface area contributed by atoms with Crippen LogP contribution in [-0.4, -0.2) is 31.9 Å². The van der Waals surface area contributed by atoms with E-state index < -0.39 is 17.8 Å². The van der Waals surface area contributed by atoms with E-state index in [0.717, 1.165) is 22.1 Å². The van der Waals surface area contributed by atoms with Gasteiger partial charge in [-0.25, -0.2) is 15.1 Å². The summed E-state index contributed by atoms with van der Waals surface area (Å²) in [5.41, 5.74) is 2.56. The Morgan fingerprint density at radius 1 is 1.13 bits per heavy atom. The summed E-state index contributed by atoms with van der Waals surface area (Å²) in [5, 5.41) is 9.02. The van der Waals surface area contributed by atoms with Crippen LogP contribution in [0.3, 0.4) is 0 Å². The molecule has 7 nitrogen and oxygen atoms in total. The fraction of sp³-hybridized carbons (Fsp3) is 0.0500. The standard InChI is InChI=1S/C20H13F3N6OS/c21-20(22,23)17-10-16(13-6-2-1-3-7-13)29(28-17)19-26-15(12-31-19)18(30)27-25-11-14-8-4-5-9-24-14/h1-12H,(H,27,30). The second kappa shape index (κ2) is 8.48. The molecule has 0 saturated carbocycles. The van der Waals surface area contributed by atoms with Crippen molar-refractivity contribution in [3.8, 4) is 16.4 Å². The van der Waals surface area contributed by atoms with Crippen molar-refractivity contribution < 1.29 is 18.0 Å². The second-order valence-corrected chi connectivity index (χ2v) is 7.00. The van der Waals surface area contributed by atoms with Crippen molar-refractivity contribution >= 4 is 23.5 Å². The number of hydrogen-bond donors (Lipinski definition) is 1. The lowest BCUT2D eigenvalue weighted by Crippen LogP contribution is -2.18. The van der Waals surface area contributed by atoms with Gasteiger partial charge >= 0.3 is 6.18 Å². The number of pyridine rings is 1. The molecule has 1 N–H and O–H groups in total. The van der Waals surface area contributed by atoms with Crippen molar-refractivity contribution in [2.75, 3.05) is 0 Å². The maximum absolute atomic E-state index is 13.2. The van der Waals surface area contributed by atoms with E-state index in [9.17, 15) is 18.0 Å². The SMILES string of the molecule is O=C(NN=Cc1ccccn1)c1csc(-n2nc(C(F)(F)F)cc2-c2ccccc2)n1. The number of benzene rings is 1. The number of alkyl halides is 3. The molecular weight excluding hydrogens is 429 g/mol. The van der Waals surface area contributed by atoms with Crippen molar-refractivity contribution in [2.24, 2.45) is 5.10 Å². The Balaban J connectivity index is 1.60. The summed E-state index contributed by atoms with van der Waals surface area (Å²) < 4.78 is 40.8. The average molecular weight is 442 g/mol. The van der Waals surface area contributed by atoms with Gasteiger partial charge in [0.05, 0.1) is 17.6 Å². The molecule has 0 radical (unpaired) electrons. The highest BCUT2D eigenvalue weighted by Gasteiger charge is 2.35. The van der Waals surface area contributed by atoms with Crippen molar-refractivity contribution in [3.05, 3.63) is 83.3 Å². The topological polar surface area (TPSA) is 85.1 Å². The first-order valence-corrected chi connectivity index (χ1v) is 9.73. The summed E-state index contributed by atoms with van der Waals surface area (Å²) >= 11 is 0.991. The summed E-state index contributed by atoms with van der Waals surface area (Å²) in [4.78, 5) is 20.5. The van der Waals surface area contributed by atoms with Crippen LogP contribution >= 0.6 is 11.3 Å². The Morgan fingerprint density at radius 2 is 1.90 bits per heavy atom. The van der Waals surface area contributed by atoms with Crippen LogP contribution in [0.5, 0.6) is 0 Å². The third-order valence-electron chi connectivity index (χ3n) is 4.03. The van der Waals surface area contributed by atoms with Crippen LogP contribution in [0.2, 0.25) is 0 Å². The van der Waals surface area contributed by atoms with Gasteiger partial charge in [-0.1, -0.05) is 36.4 Å². The van der Waals surface area contributed by atoms with E-state index in [2.05, 4.69) is 25.6 Å². The molecule has 4 rings (SSSR count). The zero-order chi connectivity index (χ0) is 21.8. The van der Waals surface area contributed by atoms with Gasteiger partial charge in [0.15, 0.2) is 5.69 Å². The van der Waals surface area contributed by atoms with Crippen LogP contribution < -0.4 is 5.43 Å². The molecule has 0 spiro atoms. The van der Waals surface area contributed by atoms with Gasteiger partial charge in [-0.05, 0) is 18.2 Å². The van der Waals surface area contributed by atoms with Crippen LogP contribution in [-0.2, 0) is 6.18 Å². The van der Waals surface area contributed by atoms with Gasteiger partial charge in [0.2, 0.25) is 5.13 Å². The molecule has 3 aromatic heterocycles. The third kappa shape index (κ3) is 4.67. The number of thiazole rings is 1. The zero-order valence-corrected chi connectivity index (χ0v) is 16.4. The van der Waals surface area contributed by atoms with Crippen LogP contribution in [0.25, 0.3) is 16.4 Å². The number of hydrogen-bond acceptors (Lipinski definition) is 6. The Hall–Kier alpha value is -3.86. The molecular formula is C20H13F3N6OS. The Labute approximate surface area is 177 Å². The van der Waals surface area contributed by atoms with E-state index in [1.807, 2.05) is 0 Å². The molecule has 0 bridgehead atoms. The molecule has 4 aromatic rings. The fourth-order valence-electron chi connectivity index (χ4n) is 2.61. The van der Waals surface area contributed by atoms with Crippen molar-refractivity contribution in [3.63, 3.8) is 0 Å². The molecule has 0 aliphatic rings. The molecule has 1 aromatic carbocycles. The van der Waals surface area contributed by atoms with Gasteiger partial charge in [-0.3, -0.25) is 9.78 Å². The van der Waals surface area contributed by atoms with E-state index in [4.69, 9.17) is 0 Å². The monoisotopic (exact) mass is 442 g/mol. The first kappa shape index (κ1) is 20.4. The number of carbonyl (C=O) groups excluding carboxylic acids is 1. The molecule has 0 saturated heterocycles. The number of carbonyl (C=O) groups is 1. The average Bonchev–Trinajstić information content (AvgIpc) is 3.42. The van der Waals surface area contributed by atoms with Crippen LogP contribution in [0.15, 0.2) is 71.3 Å². The molecule has 0 atom stereocenters. The molecule has 0 aliphatic carbocycles. The van der Waals surface area contributed by atoms with E-state index in [1.165, 1.54) is 11.6 Å². The van der Waals surface area contributed by atoms with Gasteiger partial charge in [0.1, 0.15) is 5.69 Å². The number of nitrogens with one attached hydrogen (secondary N) is 1. The van der Waals surface area contributed by atoms with Crippen LogP contribution in [0.4, 0.5) is 13.2 Å². The summed E-state index contributed by atoms with van der Waals surface area (Å²) in [6, 6.07) is 14.7. The van der Waals surface area contributed by atoms with Gasteiger partial charge in [0.25, 0.3) is 5.91 Å². The molecule has 11 heteroatoms. The highest BCUT2D eigenvalue weighted by Crippen LogP contribution is 2.33. The van der Waals surface area contributed by atoms with Gasteiger partial charge < -0.3 is 0 Å². The number of nitrogens with zero attached hydrogens (tertiary/aromatic N) is 5. The lowest BCUT2D eigenvalue weighted by Gasteiger charge is -2.03. The summed E-state index contributed by atoms with van der Waals surface area (Å²) in [6.07, 6.45) is -1.67. The van der Waals surface area contributed by atoms with Crippen LogP contribution in [0.1, 0.15) is 21.9 Å². The molecule has 3 heterocycles. The Bertz CT molecular complexity index is 1220. The normalized spacial score (nSPS) is 11.7. The quantitative estimate of drug-likeness (QED) is 0.371. The molecule has 0 aliphatic heterocycles. The van der Waals surface area contributed by atoms with Gasteiger partial charge in [-0.15, -0.1) is 11.3 Å². The summed E-state index contributed by atoms with van der Waals surface area (Å²) in [7, 11) is 0. The van der Waals surface area contributed by atoms with Gasteiger partial charge in [0, 0.05) is 17.1 Å². The van der Waals surface area contributed by atoms with E-state index >= 15 is 0 Å². The number of hydrazone groups is 1. The third-order valence-corrected chi connectivity index (χ3v) is 4.84. The van der Waals surface area contributed by atoms with Crippen LogP contribution in [0, 0.1) is 0 Å². The van der Waals surface area contributed by atoms with E-state index in [-0.39, 0.29) is 16.5 Å². The minimum absolute atomic E-state index is 0.00115. The Kier molecular flexibility index (Phi) is 5.58. The van der Waals surface area contributed by atoms with E-state index in [1.54, 1.807) is 54.7 Å². The largest absolute Gasteiger partial charge is 0.435 e. The first-order chi connectivity index (χ1) is 14.9. The molecule has 0 fully saturated rings. The fourth-order valence-corrected chi connectivity index (χ4v) is 3.38. The maximum Gasteiger partial charge on any atom is 0.435 e. The maximum atomic E-state index is 13.2. The van der Waals surface area contributed by atoms with Gasteiger partial charge in [-0.2, -0.15) is 23.4 Å². The number of halogens is 3. The lowest BCUT2D eigenvalue weighted by molar-refractivity contribution is -0.141.